The van der Waals surface area contributed by atoms with E-state index in [4.69, 9.17) is 10.5 Å². The van der Waals surface area contributed by atoms with Gasteiger partial charge in [-0.1, -0.05) is 6.07 Å². The van der Waals surface area contributed by atoms with Gasteiger partial charge in [0.15, 0.2) is 0 Å². The minimum Gasteiger partial charge on any atom is -0.372 e. The van der Waals surface area contributed by atoms with Gasteiger partial charge < -0.3 is 21.1 Å². The van der Waals surface area contributed by atoms with E-state index in [1.54, 1.807) is 31.2 Å². The van der Waals surface area contributed by atoms with Crippen molar-refractivity contribution in [1.82, 2.24) is 0 Å². The van der Waals surface area contributed by atoms with Crippen LogP contribution in [0.4, 0.5) is 11.4 Å². The molecule has 0 aliphatic carbocycles. The molecular weight excluding hydrogens is 294 g/mol. The number of hydrogen-bond donors (Lipinski definition) is 3. The fourth-order valence-corrected chi connectivity index (χ4v) is 1.51. The molecule has 1 atom stereocenters. The number of halogens is 1. The van der Waals surface area contributed by atoms with Gasteiger partial charge in [0, 0.05) is 24.9 Å². The summed E-state index contributed by atoms with van der Waals surface area (Å²) in [5, 5.41) is 5.47. The highest BCUT2D eigenvalue weighted by Gasteiger charge is 2.11. The third-order valence-corrected chi connectivity index (χ3v) is 2.74. The molecule has 21 heavy (non-hydrogen) atoms. The summed E-state index contributed by atoms with van der Waals surface area (Å²) in [6, 6.07) is 6.96. The Morgan fingerprint density at radius 2 is 1.90 bits per heavy atom. The molecule has 4 N–H and O–H groups in total. The van der Waals surface area contributed by atoms with Gasteiger partial charge in [0.25, 0.3) is 5.91 Å². The Bertz CT molecular complexity index is 469. The average molecular weight is 316 g/mol. The third-order valence-electron chi connectivity index (χ3n) is 2.74. The molecule has 1 unspecified atom stereocenters. The Morgan fingerprint density at radius 1 is 1.29 bits per heavy atom. The number of nitrogens with two attached hydrogens (primary N) is 1. The van der Waals surface area contributed by atoms with E-state index in [9.17, 15) is 9.59 Å². The molecule has 0 radical (unpaired) electrons. The zero-order valence-electron chi connectivity index (χ0n) is 12.2. The smallest absolute Gasteiger partial charge is 0.253 e. The number of amides is 2. The lowest BCUT2D eigenvalue weighted by Crippen LogP contribution is -2.26. The summed E-state index contributed by atoms with van der Waals surface area (Å²) in [6.07, 6.45) is 0.499. The van der Waals surface area contributed by atoms with Crippen molar-refractivity contribution < 1.29 is 14.3 Å². The first kappa shape index (κ1) is 19.4. The fraction of sp³-hybridized carbons (Fsp3) is 0.429. The minimum atomic E-state index is -0.530. The molecule has 1 rings (SSSR count). The molecule has 0 spiro atoms. The van der Waals surface area contributed by atoms with Gasteiger partial charge >= 0.3 is 0 Å². The van der Waals surface area contributed by atoms with Gasteiger partial charge in [-0.25, -0.2) is 0 Å². The number of carbonyl (C=O) groups is 2. The average Bonchev–Trinajstić information content (AvgIpc) is 2.44. The molecule has 0 saturated carbocycles. The quantitative estimate of drug-likeness (QED) is 0.714. The molecule has 0 heterocycles. The fourth-order valence-electron chi connectivity index (χ4n) is 1.51. The van der Waals surface area contributed by atoms with Crippen LogP contribution in [0.2, 0.25) is 0 Å². The van der Waals surface area contributed by atoms with Crippen LogP contribution < -0.4 is 16.4 Å². The minimum absolute atomic E-state index is 0. The van der Waals surface area contributed by atoms with Crippen LogP contribution >= 0.6 is 12.4 Å². The van der Waals surface area contributed by atoms with Gasteiger partial charge in [-0.3, -0.25) is 9.59 Å². The molecule has 0 fully saturated rings. The molecule has 0 bridgehead atoms. The van der Waals surface area contributed by atoms with Crippen LogP contribution in [0.3, 0.4) is 0 Å². The first-order valence-corrected chi connectivity index (χ1v) is 6.50. The van der Waals surface area contributed by atoms with Crippen LogP contribution in [0, 0.1) is 0 Å². The molecule has 7 heteroatoms. The van der Waals surface area contributed by atoms with Gasteiger partial charge in [-0.2, -0.15) is 0 Å². The van der Waals surface area contributed by atoms with Crippen LogP contribution in [0.1, 0.15) is 19.8 Å². The maximum Gasteiger partial charge on any atom is 0.253 e. The number of rotatable bonds is 7. The zero-order valence-corrected chi connectivity index (χ0v) is 13.0. The summed E-state index contributed by atoms with van der Waals surface area (Å²) >= 11 is 0. The molecule has 1 aromatic rings. The molecule has 118 valence electrons. The van der Waals surface area contributed by atoms with E-state index >= 15 is 0 Å². The number of nitrogens with one attached hydrogen (secondary N) is 2. The summed E-state index contributed by atoms with van der Waals surface area (Å²) < 4.78 is 4.93. The van der Waals surface area contributed by atoms with Crippen molar-refractivity contribution in [1.29, 1.82) is 0 Å². The van der Waals surface area contributed by atoms with Crippen LogP contribution in [0.5, 0.6) is 0 Å². The topological polar surface area (TPSA) is 93.5 Å². The van der Waals surface area contributed by atoms with Crippen molar-refractivity contribution in [2.45, 2.75) is 25.9 Å². The van der Waals surface area contributed by atoms with Crippen molar-refractivity contribution in [3.8, 4) is 0 Å². The Morgan fingerprint density at radius 3 is 2.48 bits per heavy atom. The van der Waals surface area contributed by atoms with Gasteiger partial charge in [-0.15, -0.1) is 12.4 Å². The van der Waals surface area contributed by atoms with E-state index in [2.05, 4.69) is 10.6 Å². The Hall–Kier alpha value is -1.63. The molecule has 2 amide bonds. The number of benzene rings is 1. The van der Waals surface area contributed by atoms with Crippen LogP contribution in [0.15, 0.2) is 24.3 Å². The first-order valence-electron chi connectivity index (χ1n) is 6.50. The van der Waals surface area contributed by atoms with E-state index in [1.165, 1.54) is 7.11 Å². The van der Waals surface area contributed by atoms with Crippen molar-refractivity contribution >= 4 is 35.6 Å². The van der Waals surface area contributed by atoms with E-state index in [0.29, 0.717) is 30.8 Å². The van der Waals surface area contributed by atoms with E-state index < -0.39 is 6.10 Å². The second kappa shape index (κ2) is 10.1. The summed E-state index contributed by atoms with van der Waals surface area (Å²) in [4.78, 5) is 23.3. The highest BCUT2D eigenvalue weighted by atomic mass is 35.5. The summed E-state index contributed by atoms with van der Waals surface area (Å²) in [5.41, 5.74) is 6.59. The Kier molecular flexibility index (Phi) is 9.36. The molecule has 0 aliphatic heterocycles. The lowest BCUT2D eigenvalue weighted by atomic mass is 10.2. The van der Waals surface area contributed by atoms with Crippen LogP contribution in [-0.4, -0.2) is 31.6 Å². The maximum atomic E-state index is 11.7. The lowest BCUT2D eigenvalue weighted by Gasteiger charge is -2.11. The predicted octanol–water partition coefficient (Wildman–Crippen LogP) is 1.76. The maximum absolute atomic E-state index is 11.7. The summed E-state index contributed by atoms with van der Waals surface area (Å²) in [7, 11) is 1.47. The predicted molar refractivity (Wildman–Crippen MR) is 85.7 cm³/mol. The molecule has 1 aromatic carbocycles. The molecular formula is C14H22ClN3O3. The largest absolute Gasteiger partial charge is 0.372 e. The molecule has 6 nitrogen and oxygen atoms in total. The van der Waals surface area contributed by atoms with Crippen LogP contribution in [0.25, 0.3) is 0 Å². The van der Waals surface area contributed by atoms with Gasteiger partial charge in [0.2, 0.25) is 5.91 Å². The number of ether oxygens (including phenoxy) is 1. The van der Waals surface area contributed by atoms with Gasteiger partial charge in [-0.05, 0) is 38.1 Å². The number of hydrogen-bond acceptors (Lipinski definition) is 4. The van der Waals surface area contributed by atoms with Crippen molar-refractivity contribution in [2.24, 2.45) is 5.73 Å². The van der Waals surface area contributed by atoms with Crippen LogP contribution in [-0.2, 0) is 14.3 Å². The van der Waals surface area contributed by atoms with Crippen molar-refractivity contribution in [3.05, 3.63) is 24.3 Å². The number of anilines is 2. The summed E-state index contributed by atoms with van der Waals surface area (Å²) in [5.74, 6) is -0.330. The first-order chi connectivity index (χ1) is 9.56. The highest BCUT2D eigenvalue weighted by Crippen LogP contribution is 2.16. The van der Waals surface area contributed by atoms with E-state index in [0.717, 1.165) is 0 Å². The van der Waals surface area contributed by atoms with E-state index in [1.807, 2.05) is 0 Å². The monoisotopic (exact) mass is 315 g/mol. The number of methoxy groups -OCH3 is 1. The normalized spacial score (nSPS) is 11.2. The molecule has 0 aliphatic rings. The SMILES string of the molecule is COC(C)C(=O)Nc1cccc(NC(=O)CCCN)c1.Cl. The second-order valence-corrected chi connectivity index (χ2v) is 4.39. The second-order valence-electron chi connectivity index (χ2n) is 4.39. The van der Waals surface area contributed by atoms with Crippen molar-refractivity contribution in [3.63, 3.8) is 0 Å². The van der Waals surface area contributed by atoms with Gasteiger partial charge in [0.05, 0.1) is 0 Å². The van der Waals surface area contributed by atoms with Crippen molar-refractivity contribution in [2.75, 3.05) is 24.3 Å². The molecule has 0 aromatic heterocycles. The standard InChI is InChI=1S/C14H21N3O3.ClH/c1-10(20-2)14(19)17-12-6-3-5-11(9-12)16-13(18)7-4-8-15;/h3,5-6,9-10H,4,7-8,15H2,1-2H3,(H,16,18)(H,17,19);1H. The Labute approximate surface area is 130 Å². The van der Waals surface area contributed by atoms with Gasteiger partial charge in [0.1, 0.15) is 6.10 Å². The third kappa shape index (κ3) is 7.08. The Balaban J connectivity index is 0.00000400. The zero-order chi connectivity index (χ0) is 15.0. The molecule has 0 saturated heterocycles. The summed E-state index contributed by atoms with van der Waals surface area (Å²) in [6.45, 7) is 2.15. The lowest BCUT2D eigenvalue weighted by molar-refractivity contribution is -0.124. The van der Waals surface area contributed by atoms with E-state index in [-0.39, 0.29) is 24.2 Å². The number of carbonyl (C=O) groups excluding carboxylic acids is 2. The highest BCUT2D eigenvalue weighted by molar-refractivity contribution is 5.95.